The Balaban J connectivity index is 2.14. The first-order valence-corrected chi connectivity index (χ1v) is 6.23. The van der Waals surface area contributed by atoms with E-state index >= 15 is 0 Å². The zero-order valence-electron chi connectivity index (χ0n) is 9.14. The smallest absolute Gasteiger partial charge is 0.270 e. The van der Waals surface area contributed by atoms with E-state index < -0.39 is 4.92 Å². The van der Waals surface area contributed by atoms with Gasteiger partial charge in [0.2, 0.25) is 0 Å². The molecular weight excluding hydrogens is 288 g/mol. The quantitative estimate of drug-likeness (QED) is 0.687. The summed E-state index contributed by atoms with van der Waals surface area (Å²) in [5, 5.41) is 10.6. The van der Waals surface area contributed by atoms with Gasteiger partial charge in [-0.05, 0) is 41.3 Å². The van der Waals surface area contributed by atoms with E-state index in [0.717, 1.165) is 19.3 Å². The number of halogens is 1. The fourth-order valence-electron chi connectivity index (χ4n) is 1.96. The van der Waals surface area contributed by atoms with E-state index in [4.69, 9.17) is 10.5 Å². The molecule has 5 nitrogen and oxygen atoms in total. The molecule has 0 aliphatic heterocycles. The third kappa shape index (κ3) is 2.76. The molecule has 92 valence electrons. The Hall–Kier alpha value is -1.14. The van der Waals surface area contributed by atoms with Crippen molar-refractivity contribution in [3.63, 3.8) is 0 Å². The minimum atomic E-state index is -0.435. The van der Waals surface area contributed by atoms with Gasteiger partial charge in [0.15, 0.2) is 0 Å². The molecule has 17 heavy (non-hydrogen) atoms. The molecule has 1 aliphatic carbocycles. The first-order valence-electron chi connectivity index (χ1n) is 5.44. The lowest BCUT2D eigenvalue weighted by Gasteiger charge is -2.18. The van der Waals surface area contributed by atoms with Gasteiger partial charge in [-0.3, -0.25) is 10.1 Å². The summed E-state index contributed by atoms with van der Waals surface area (Å²) in [5.74, 6) is 0.609. The summed E-state index contributed by atoms with van der Waals surface area (Å²) in [6, 6.07) is 4.53. The topological polar surface area (TPSA) is 78.4 Å². The predicted octanol–water partition coefficient (Wildman–Crippen LogP) is 2.62. The number of hydrogen-bond acceptors (Lipinski definition) is 4. The van der Waals surface area contributed by atoms with Crippen molar-refractivity contribution >= 4 is 21.6 Å². The molecule has 1 aromatic carbocycles. The number of nitro groups is 1. The lowest BCUT2D eigenvalue weighted by atomic mass is 10.2. The molecule has 1 fully saturated rings. The molecule has 1 aliphatic rings. The summed E-state index contributed by atoms with van der Waals surface area (Å²) in [7, 11) is 0. The highest BCUT2D eigenvalue weighted by Crippen LogP contribution is 2.32. The van der Waals surface area contributed by atoms with Crippen LogP contribution in [0, 0.1) is 10.1 Å². The summed E-state index contributed by atoms with van der Waals surface area (Å²) in [4.78, 5) is 10.2. The lowest BCUT2D eigenvalue weighted by Crippen LogP contribution is -2.33. The molecule has 6 heteroatoms. The molecule has 2 atom stereocenters. The van der Waals surface area contributed by atoms with Crippen LogP contribution in [0.5, 0.6) is 5.75 Å². The molecule has 2 unspecified atom stereocenters. The molecule has 0 heterocycles. The second-order valence-corrected chi connectivity index (χ2v) is 4.98. The lowest BCUT2D eigenvalue weighted by molar-refractivity contribution is -0.385. The Morgan fingerprint density at radius 3 is 2.76 bits per heavy atom. The highest BCUT2D eigenvalue weighted by Gasteiger charge is 2.26. The molecule has 0 amide bonds. The van der Waals surface area contributed by atoms with Gasteiger partial charge in [0.1, 0.15) is 11.9 Å². The highest BCUT2D eigenvalue weighted by atomic mass is 79.9. The van der Waals surface area contributed by atoms with Crippen LogP contribution in [-0.2, 0) is 0 Å². The van der Waals surface area contributed by atoms with E-state index in [9.17, 15) is 10.1 Å². The van der Waals surface area contributed by atoms with Crippen molar-refractivity contribution < 1.29 is 9.66 Å². The van der Waals surface area contributed by atoms with Crippen molar-refractivity contribution in [1.82, 2.24) is 0 Å². The number of nitrogens with zero attached hydrogens (tertiary/aromatic N) is 1. The summed E-state index contributed by atoms with van der Waals surface area (Å²) < 4.78 is 6.35. The molecule has 0 radical (unpaired) electrons. The Kier molecular flexibility index (Phi) is 3.63. The Bertz CT molecular complexity index is 439. The van der Waals surface area contributed by atoms with Gasteiger partial charge in [-0.25, -0.2) is 0 Å². The molecule has 0 bridgehead atoms. The van der Waals surface area contributed by atoms with Crippen LogP contribution in [0.15, 0.2) is 22.7 Å². The fraction of sp³-hybridized carbons (Fsp3) is 0.455. The van der Waals surface area contributed by atoms with Crippen molar-refractivity contribution in [2.45, 2.75) is 31.4 Å². The fourth-order valence-corrected chi connectivity index (χ4v) is 2.42. The standard InChI is InChI=1S/C11H13BrN2O3/c12-8-6-7(14(15)16)4-5-10(8)17-11-3-1-2-9(11)13/h4-6,9,11H,1-3,13H2. The number of hydrogen-bond donors (Lipinski definition) is 1. The minimum Gasteiger partial charge on any atom is -0.488 e. The summed E-state index contributed by atoms with van der Waals surface area (Å²) in [6.07, 6.45) is 2.98. The average molecular weight is 301 g/mol. The van der Waals surface area contributed by atoms with Gasteiger partial charge in [-0.15, -0.1) is 0 Å². The largest absolute Gasteiger partial charge is 0.488 e. The van der Waals surface area contributed by atoms with Gasteiger partial charge in [-0.2, -0.15) is 0 Å². The maximum absolute atomic E-state index is 10.6. The molecule has 0 spiro atoms. The SMILES string of the molecule is NC1CCCC1Oc1ccc([N+](=O)[O-])cc1Br. The van der Waals surface area contributed by atoms with E-state index in [1.165, 1.54) is 12.1 Å². The number of ether oxygens (including phenoxy) is 1. The summed E-state index contributed by atoms with van der Waals surface area (Å²) in [5.41, 5.74) is 5.95. The number of rotatable bonds is 3. The molecule has 0 saturated heterocycles. The normalized spacial score (nSPS) is 23.6. The van der Waals surface area contributed by atoms with Crippen LogP contribution in [0.4, 0.5) is 5.69 Å². The van der Waals surface area contributed by atoms with Gasteiger partial charge >= 0.3 is 0 Å². The van der Waals surface area contributed by atoms with Crippen molar-refractivity contribution in [2.75, 3.05) is 0 Å². The Morgan fingerprint density at radius 1 is 1.47 bits per heavy atom. The maximum atomic E-state index is 10.6. The molecule has 0 aromatic heterocycles. The van der Waals surface area contributed by atoms with Gasteiger partial charge in [-0.1, -0.05) is 0 Å². The van der Waals surface area contributed by atoms with Gasteiger partial charge < -0.3 is 10.5 Å². The molecule has 1 saturated carbocycles. The van der Waals surface area contributed by atoms with E-state index in [1.807, 2.05) is 0 Å². The van der Waals surface area contributed by atoms with Crippen LogP contribution in [0.25, 0.3) is 0 Å². The Labute approximate surface area is 107 Å². The first-order chi connectivity index (χ1) is 8.08. The van der Waals surface area contributed by atoms with Crippen molar-refractivity contribution in [2.24, 2.45) is 5.73 Å². The molecular formula is C11H13BrN2O3. The number of nitrogens with two attached hydrogens (primary N) is 1. The van der Waals surface area contributed by atoms with Crippen LogP contribution in [-0.4, -0.2) is 17.1 Å². The van der Waals surface area contributed by atoms with Gasteiger partial charge in [0.25, 0.3) is 5.69 Å². The first kappa shape index (κ1) is 12.3. The number of non-ortho nitro benzene ring substituents is 1. The summed E-state index contributed by atoms with van der Waals surface area (Å²) >= 11 is 3.27. The molecule has 2 N–H and O–H groups in total. The number of nitro benzene ring substituents is 1. The van der Waals surface area contributed by atoms with E-state index in [-0.39, 0.29) is 17.8 Å². The van der Waals surface area contributed by atoms with Gasteiger partial charge in [0.05, 0.1) is 9.40 Å². The second-order valence-electron chi connectivity index (χ2n) is 4.12. The van der Waals surface area contributed by atoms with Crippen LogP contribution in [0.3, 0.4) is 0 Å². The second kappa shape index (κ2) is 5.01. The van der Waals surface area contributed by atoms with E-state index in [2.05, 4.69) is 15.9 Å². The van der Waals surface area contributed by atoms with E-state index in [1.54, 1.807) is 6.07 Å². The van der Waals surface area contributed by atoms with Crippen LogP contribution < -0.4 is 10.5 Å². The highest BCUT2D eigenvalue weighted by molar-refractivity contribution is 9.10. The van der Waals surface area contributed by atoms with Crippen molar-refractivity contribution in [3.8, 4) is 5.75 Å². The predicted molar refractivity (Wildman–Crippen MR) is 67.0 cm³/mol. The monoisotopic (exact) mass is 300 g/mol. The number of benzene rings is 1. The minimum absolute atomic E-state index is 0.00718. The third-order valence-corrected chi connectivity index (χ3v) is 3.53. The van der Waals surface area contributed by atoms with E-state index in [0.29, 0.717) is 10.2 Å². The summed E-state index contributed by atoms with van der Waals surface area (Å²) in [6.45, 7) is 0. The molecule has 2 rings (SSSR count). The van der Waals surface area contributed by atoms with Crippen molar-refractivity contribution in [3.05, 3.63) is 32.8 Å². The zero-order valence-corrected chi connectivity index (χ0v) is 10.7. The van der Waals surface area contributed by atoms with Crippen LogP contribution in [0.2, 0.25) is 0 Å². The molecule has 1 aromatic rings. The average Bonchev–Trinajstić information content (AvgIpc) is 2.67. The zero-order chi connectivity index (χ0) is 12.4. The van der Waals surface area contributed by atoms with Gasteiger partial charge in [0, 0.05) is 18.2 Å². The van der Waals surface area contributed by atoms with Crippen molar-refractivity contribution in [1.29, 1.82) is 0 Å². The van der Waals surface area contributed by atoms with Crippen LogP contribution in [0.1, 0.15) is 19.3 Å². The Morgan fingerprint density at radius 2 is 2.24 bits per heavy atom. The third-order valence-electron chi connectivity index (χ3n) is 2.91. The van der Waals surface area contributed by atoms with Crippen LogP contribution >= 0.6 is 15.9 Å². The maximum Gasteiger partial charge on any atom is 0.270 e.